The summed E-state index contributed by atoms with van der Waals surface area (Å²) in [6.07, 6.45) is 0.346. The molecule has 2 unspecified atom stereocenters. The van der Waals surface area contributed by atoms with Crippen LogP contribution in [-0.4, -0.2) is 24.1 Å². The number of rotatable bonds is 2. The molecule has 0 aromatic carbocycles. The van der Waals surface area contributed by atoms with Gasteiger partial charge in [-0.1, -0.05) is 0 Å². The number of cyclic esters (lactones) is 1. The first-order valence-electron chi connectivity index (χ1n) is 5.20. The number of carbonyl (C=O) groups is 2. The Balaban J connectivity index is 2.88. The second-order valence-electron chi connectivity index (χ2n) is 4.35. The molecule has 1 fully saturated rings. The van der Waals surface area contributed by atoms with E-state index in [4.69, 9.17) is 14.7 Å². The third kappa shape index (κ3) is 2.51. The Morgan fingerprint density at radius 1 is 1.69 bits per heavy atom. The molecular weight excluding hydrogens is 210 g/mol. The quantitative estimate of drug-likeness (QED) is 0.518. The number of hydrogen-bond donors (Lipinski definition) is 0. The third-order valence-corrected chi connectivity index (χ3v) is 2.45. The Morgan fingerprint density at radius 3 is 2.81 bits per heavy atom. The van der Waals surface area contributed by atoms with E-state index in [-0.39, 0.29) is 6.61 Å². The molecular formula is C11H15NO4. The van der Waals surface area contributed by atoms with Gasteiger partial charge in [-0.25, -0.2) is 0 Å². The van der Waals surface area contributed by atoms with Crippen molar-refractivity contribution in [2.24, 2.45) is 11.8 Å². The zero-order valence-corrected chi connectivity index (χ0v) is 9.65. The van der Waals surface area contributed by atoms with Crippen molar-refractivity contribution >= 4 is 11.9 Å². The van der Waals surface area contributed by atoms with E-state index in [0.29, 0.717) is 6.42 Å². The van der Waals surface area contributed by atoms with Crippen LogP contribution in [0.3, 0.4) is 0 Å². The zero-order chi connectivity index (χ0) is 12.3. The molecule has 1 aliphatic heterocycles. The molecule has 1 heterocycles. The maximum absolute atomic E-state index is 11.6. The third-order valence-electron chi connectivity index (χ3n) is 2.45. The maximum atomic E-state index is 11.6. The van der Waals surface area contributed by atoms with Crippen molar-refractivity contribution in [2.75, 3.05) is 6.61 Å². The Kier molecular flexibility index (Phi) is 3.53. The van der Waals surface area contributed by atoms with Crippen LogP contribution in [0.5, 0.6) is 0 Å². The lowest BCUT2D eigenvalue weighted by atomic mass is 9.81. The lowest BCUT2D eigenvalue weighted by molar-refractivity contribution is -0.181. The summed E-state index contributed by atoms with van der Waals surface area (Å²) < 4.78 is 9.86. The molecule has 88 valence electrons. The molecule has 5 nitrogen and oxygen atoms in total. The molecule has 1 rings (SSSR count). The number of nitriles is 1. The fourth-order valence-corrected chi connectivity index (χ4v) is 1.80. The number of hydrogen-bond acceptors (Lipinski definition) is 5. The summed E-state index contributed by atoms with van der Waals surface area (Å²) in [5.74, 6) is -3.11. The molecule has 0 saturated carbocycles. The van der Waals surface area contributed by atoms with Crippen LogP contribution in [-0.2, 0) is 19.1 Å². The Labute approximate surface area is 94.3 Å². The summed E-state index contributed by atoms with van der Waals surface area (Å²) in [7, 11) is 0. The van der Waals surface area contributed by atoms with Gasteiger partial charge >= 0.3 is 11.9 Å². The van der Waals surface area contributed by atoms with E-state index in [1.54, 1.807) is 20.8 Å². The normalized spacial score (nSPS) is 27.8. The van der Waals surface area contributed by atoms with Crippen LogP contribution in [0.1, 0.15) is 27.2 Å². The molecule has 1 saturated heterocycles. The average Bonchev–Trinajstić information content (AvgIpc) is 2.15. The monoisotopic (exact) mass is 225 g/mol. The number of carbonyl (C=O) groups excluding carboxylic acids is 2. The minimum atomic E-state index is -1.10. The van der Waals surface area contributed by atoms with Gasteiger partial charge in [-0.05, 0) is 20.8 Å². The first-order valence-corrected chi connectivity index (χ1v) is 5.20. The molecule has 0 spiro atoms. The van der Waals surface area contributed by atoms with Crippen LogP contribution in [0.2, 0.25) is 0 Å². The topological polar surface area (TPSA) is 76.4 Å². The summed E-state index contributed by atoms with van der Waals surface area (Å²) in [5, 5.41) is 8.96. The summed E-state index contributed by atoms with van der Waals surface area (Å²) in [5.41, 5.74) is -0.694. The molecule has 0 N–H and O–H groups in total. The zero-order valence-electron chi connectivity index (χ0n) is 9.65. The van der Waals surface area contributed by atoms with Crippen molar-refractivity contribution in [3.63, 3.8) is 0 Å². The SMILES string of the molecule is CCOC(=O)C1C(=O)OC(C)(C)CC1C#N. The van der Waals surface area contributed by atoms with Crippen molar-refractivity contribution in [2.45, 2.75) is 32.8 Å². The fourth-order valence-electron chi connectivity index (χ4n) is 1.80. The van der Waals surface area contributed by atoms with Gasteiger partial charge in [-0.2, -0.15) is 5.26 Å². The molecule has 0 aliphatic carbocycles. The minimum absolute atomic E-state index is 0.185. The molecule has 1 aliphatic rings. The first-order chi connectivity index (χ1) is 7.41. The number of esters is 2. The highest BCUT2D eigenvalue weighted by atomic mass is 16.6. The van der Waals surface area contributed by atoms with Crippen LogP contribution >= 0.6 is 0 Å². The van der Waals surface area contributed by atoms with Crippen molar-refractivity contribution in [1.29, 1.82) is 5.26 Å². The van der Waals surface area contributed by atoms with E-state index >= 15 is 0 Å². The molecule has 0 aromatic rings. The highest BCUT2D eigenvalue weighted by molar-refractivity contribution is 5.96. The smallest absolute Gasteiger partial charge is 0.322 e. The van der Waals surface area contributed by atoms with Gasteiger partial charge in [0.15, 0.2) is 5.92 Å². The second-order valence-corrected chi connectivity index (χ2v) is 4.35. The van der Waals surface area contributed by atoms with Crippen molar-refractivity contribution < 1.29 is 19.1 Å². The first kappa shape index (κ1) is 12.5. The Hall–Kier alpha value is -1.57. The largest absolute Gasteiger partial charge is 0.465 e. The van der Waals surface area contributed by atoms with Gasteiger partial charge in [0.25, 0.3) is 0 Å². The Bertz CT molecular complexity index is 342. The summed E-state index contributed by atoms with van der Waals surface area (Å²) in [6.45, 7) is 5.27. The van der Waals surface area contributed by atoms with Gasteiger partial charge in [0.2, 0.25) is 0 Å². The van der Waals surface area contributed by atoms with Gasteiger partial charge in [0, 0.05) is 6.42 Å². The molecule has 0 aromatic heterocycles. The van der Waals surface area contributed by atoms with E-state index in [2.05, 4.69) is 0 Å². The predicted molar refractivity (Wildman–Crippen MR) is 54.0 cm³/mol. The molecule has 2 atom stereocenters. The van der Waals surface area contributed by atoms with E-state index in [1.807, 2.05) is 6.07 Å². The molecule has 0 radical (unpaired) electrons. The van der Waals surface area contributed by atoms with Crippen LogP contribution in [0.15, 0.2) is 0 Å². The van der Waals surface area contributed by atoms with Gasteiger partial charge in [0.05, 0.1) is 18.6 Å². The van der Waals surface area contributed by atoms with Crippen molar-refractivity contribution in [1.82, 2.24) is 0 Å². The molecule has 0 amide bonds. The molecule has 16 heavy (non-hydrogen) atoms. The van der Waals surface area contributed by atoms with Gasteiger partial charge in [-0.15, -0.1) is 0 Å². The second kappa shape index (κ2) is 4.52. The van der Waals surface area contributed by atoms with E-state index < -0.39 is 29.4 Å². The van der Waals surface area contributed by atoms with Crippen LogP contribution in [0.25, 0.3) is 0 Å². The molecule has 5 heteroatoms. The minimum Gasteiger partial charge on any atom is -0.465 e. The Morgan fingerprint density at radius 2 is 2.31 bits per heavy atom. The van der Waals surface area contributed by atoms with Gasteiger partial charge in [0.1, 0.15) is 5.60 Å². The maximum Gasteiger partial charge on any atom is 0.322 e. The molecule has 0 bridgehead atoms. The van der Waals surface area contributed by atoms with Gasteiger partial charge in [-0.3, -0.25) is 9.59 Å². The lowest BCUT2D eigenvalue weighted by Crippen LogP contribution is -2.46. The van der Waals surface area contributed by atoms with Crippen LogP contribution < -0.4 is 0 Å². The number of ether oxygens (including phenoxy) is 2. The van der Waals surface area contributed by atoms with Crippen LogP contribution in [0.4, 0.5) is 0 Å². The summed E-state index contributed by atoms with van der Waals surface area (Å²) >= 11 is 0. The fraction of sp³-hybridized carbons (Fsp3) is 0.727. The van der Waals surface area contributed by atoms with Crippen molar-refractivity contribution in [3.05, 3.63) is 0 Å². The predicted octanol–water partition coefficient (Wildman–Crippen LogP) is 1.03. The average molecular weight is 225 g/mol. The highest BCUT2D eigenvalue weighted by Gasteiger charge is 2.47. The van der Waals surface area contributed by atoms with Crippen molar-refractivity contribution in [3.8, 4) is 6.07 Å². The number of nitrogens with zero attached hydrogens (tertiary/aromatic N) is 1. The van der Waals surface area contributed by atoms with E-state index in [9.17, 15) is 9.59 Å². The summed E-state index contributed by atoms with van der Waals surface area (Å²) in [6, 6.07) is 1.98. The highest BCUT2D eigenvalue weighted by Crippen LogP contribution is 2.33. The summed E-state index contributed by atoms with van der Waals surface area (Å²) in [4.78, 5) is 23.1. The lowest BCUT2D eigenvalue weighted by Gasteiger charge is -2.35. The van der Waals surface area contributed by atoms with E-state index in [0.717, 1.165) is 0 Å². The van der Waals surface area contributed by atoms with Crippen LogP contribution in [0, 0.1) is 23.2 Å². The van der Waals surface area contributed by atoms with E-state index in [1.165, 1.54) is 0 Å². The standard InChI is InChI=1S/C11H15NO4/c1-4-15-9(13)8-7(6-12)5-11(2,3)16-10(8)14/h7-8H,4-5H2,1-3H3. The van der Waals surface area contributed by atoms with Gasteiger partial charge < -0.3 is 9.47 Å².